The van der Waals surface area contributed by atoms with Gasteiger partial charge < -0.3 is 10.5 Å². The summed E-state index contributed by atoms with van der Waals surface area (Å²) < 4.78 is 75.7. The summed E-state index contributed by atoms with van der Waals surface area (Å²) in [6.07, 6.45) is -9.92. The first-order chi connectivity index (χ1) is 7.50. The van der Waals surface area contributed by atoms with Crippen LogP contribution in [0.4, 0.5) is 32.0 Å². The normalized spacial score (nSPS) is 12.6. The fraction of sp³-hybridized carbons (Fsp3) is 0.250. The van der Waals surface area contributed by atoms with Crippen molar-refractivity contribution < 1.29 is 31.1 Å². The van der Waals surface area contributed by atoms with Gasteiger partial charge in [0.1, 0.15) is 0 Å². The Morgan fingerprint density at radius 1 is 1.06 bits per heavy atom. The van der Waals surface area contributed by atoms with E-state index in [4.69, 9.17) is 5.73 Å². The number of benzene rings is 1. The Labute approximate surface area is 99.5 Å². The lowest BCUT2D eigenvalue weighted by atomic mass is 10.2. The number of alkyl halides is 6. The van der Waals surface area contributed by atoms with Crippen LogP contribution < -0.4 is 10.5 Å². The van der Waals surface area contributed by atoms with Crippen LogP contribution in [0.1, 0.15) is 5.56 Å². The summed E-state index contributed by atoms with van der Waals surface area (Å²) in [7, 11) is 0. The van der Waals surface area contributed by atoms with Gasteiger partial charge in [0.2, 0.25) is 0 Å². The number of nitrogens with two attached hydrogens (primary N) is 1. The number of anilines is 1. The third-order valence-corrected chi connectivity index (χ3v) is 2.29. The van der Waals surface area contributed by atoms with Crippen molar-refractivity contribution in [2.45, 2.75) is 12.5 Å². The van der Waals surface area contributed by atoms with E-state index in [9.17, 15) is 26.3 Å². The molecule has 0 amide bonds. The fourth-order valence-corrected chi connectivity index (χ4v) is 1.58. The highest BCUT2D eigenvalue weighted by molar-refractivity contribution is 9.10. The van der Waals surface area contributed by atoms with Gasteiger partial charge in [-0.25, -0.2) is 0 Å². The van der Waals surface area contributed by atoms with E-state index in [1.807, 2.05) is 0 Å². The molecular formula is C8H4BrF6NO. The van der Waals surface area contributed by atoms with Gasteiger partial charge in [0.15, 0.2) is 5.75 Å². The van der Waals surface area contributed by atoms with Crippen LogP contribution in [0.15, 0.2) is 16.6 Å². The molecule has 1 aromatic rings. The van der Waals surface area contributed by atoms with Gasteiger partial charge in [0.05, 0.1) is 11.3 Å². The lowest BCUT2D eigenvalue weighted by Gasteiger charge is -2.15. The summed E-state index contributed by atoms with van der Waals surface area (Å²) >= 11 is 2.56. The first-order valence-electron chi connectivity index (χ1n) is 3.92. The number of rotatable bonds is 1. The van der Waals surface area contributed by atoms with Crippen LogP contribution in [0.2, 0.25) is 0 Å². The third-order valence-electron chi connectivity index (χ3n) is 1.63. The van der Waals surface area contributed by atoms with Crippen molar-refractivity contribution in [3.63, 3.8) is 0 Å². The van der Waals surface area contributed by atoms with Gasteiger partial charge in [-0.2, -0.15) is 13.2 Å². The van der Waals surface area contributed by atoms with Crippen LogP contribution in [0.25, 0.3) is 0 Å². The molecule has 0 fully saturated rings. The molecule has 1 rings (SSSR count). The predicted molar refractivity (Wildman–Crippen MR) is 50.2 cm³/mol. The lowest BCUT2D eigenvalue weighted by molar-refractivity contribution is -0.274. The molecule has 0 aliphatic heterocycles. The van der Waals surface area contributed by atoms with E-state index >= 15 is 0 Å². The summed E-state index contributed by atoms with van der Waals surface area (Å²) in [4.78, 5) is 0. The second-order valence-corrected chi connectivity index (χ2v) is 3.77. The summed E-state index contributed by atoms with van der Waals surface area (Å²) in [6.45, 7) is 0. The van der Waals surface area contributed by atoms with E-state index in [1.165, 1.54) is 0 Å². The number of nitrogen functional groups attached to an aromatic ring is 1. The lowest BCUT2D eigenvalue weighted by Crippen LogP contribution is -2.19. The fourth-order valence-electron chi connectivity index (χ4n) is 0.999. The average Bonchev–Trinajstić information content (AvgIpc) is 2.05. The zero-order valence-corrected chi connectivity index (χ0v) is 9.37. The highest BCUT2D eigenvalue weighted by Crippen LogP contribution is 2.40. The zero-order valence-electron chi connectivity index (χ0n) is 7.79. The molecule has 0 unspecified atom stereocenters. The molecule has 0 saturated heterocycles. The molecule has 9 heteroatoms. The van der Waals surface area contributed by atoms with E-state index in [0.29, 0.717) is 6.07 Å². The van der Waals surface area contributed by atoms with Crippen molar-refractivity contribution in [3.8, 4) is 5.75 Å². The Morgan fingerprint density at radius 2 is 1.59 bits per heavy atom. The minimum Gasteiger partial charge on any atom is -0.404 e. The molecule has 0 aliphatic rings. The molecule has 2 N–H and O–H groups in total. The van der Waals surface area contributed by atoms with Gasteiger partial charge in [0.25, 0.3) is 0 Å². The monoisotopic (exact) mass is 323 g/mol. The highest BCUT2D eigenvalue weighted by atomic mass is 79.9. The number of hydrogen-bond donors (Lipinski definition) is 1. The third kappa shape index (κ3) is 3.69. The number of ether oxygens (including phenoxy) is 1. The Bertz CT molecular complexity index is 427. The smallest absolute Gasteiger partial charge is 0.404 e. The van der Waals surface area contributed by atoms with Crippen LogP contribution in [0, 0.1) is 0 Å². The van der Waals surface area contributed by atoms with Gasteiger partial charge in [-0.3, -0.25) is 0 Å². The number of halogens is 7. The van der Waals surface area contributed by atoms with Crippen LogP contribution >= 0.6 is 15.9 Å². The molecule has 0 saturated carbocycles. The first kappa shape index (κ1) is 13.9. The van der Waals surface area contributed by atoms with Crippen LogP contribution in [0.3, 0.4) is 0 Å². The van der Waals surface area contributed by atoms with Crippen molar-refractivity contribution in [3.05, 3.63) is 22.2 Å². The molecule has 2 nitrogen and oxygen atoms in total. The molecule has 96 valence electrons. The molecule has 17 heavy (non-hydrogen) atoms. The average molecular weight is 324 g/mol. The van der Waals surface area contributed by atoms with Crippen molar-refractivity contribution in [1.29, 1.82) is 0 Å². The molecule has 0 aliphatic carbocycles. The molecule has 0 bridgehead atoms. The van der Waals surface area contributed by atoms with Gasteiger partial charge in [-0.15, -0.1) is 13.2 Å². The Kier molecular flexibility index (Phi) is 3.51. The first-order valence-corrected chi connectivity index (χ1v) is 4.72. The molecule has 0 atom stereocenters. The maximum absolute atomic E-state index is 12.4. The van der Waals surface area contributed by atoms with Crippen molar-refractivity contribution in [2.24, 2.45) is 0 Å². The van der Waals surface area contributed by atoms with E-state index in [-0.39, 0.29) is 6.07 Å². The van der Waals surface area contributed by atoms with E-state index < -0.39 is 34.0 Å². The second-order valence-electron chi connectivity index (χ2n) is 2.92. The molecule has 0 spiro atoms. The standard InChI is InChI=1S/C8H4BrF6NO/c9-4-2-5(16)6(17-8(13,14)15)1-3(4)7(10,11)12/h1-2H,16H2. The van der Waals surface area contributed by atoms with E-state index in [0.717, 1.165) is 0 Å². The van der Waals surface area contributed by atoms with Crippen LogP contribution in [0.5, 0.6) is 5.75 Å². The molecule has 1 aromatic carbocycles. The minimum atomic E-state index is -5.11. The van der Waals surface area contributed by atoms with Crippen molar-refractivity contribution in [2.75, 3.05) is 5.73 Å². The predicted octanol–water partition coefficient (Wildman–Crippen LogP) is 3.95. The largest absolute Gasteiger partial charge is 0.573 e. The topological polar surface area (TPSA) is 35.2 Å². The molecular weight excluding hydrogens is 320 g/mol. The number of hydrogen-bond acceptors (Lipinski definition) is 2. The molecule has 0 aromatic heterocycles. The Hall–Kier alpha value is -1.12. The maximum Gasteiger partial charge on any atom is 0.573 e. The second kappa shape index (κ2) is 4.28. The zero-order chi connectivity index (χ0) is 13.4. The van der Waals surface area contributed by atoms with Gasteiger partial charge in [0, 0.05) is 4.47 Å². The van der Waals surface area contributed by atoms with Crippen molar-refractivity contribution >= 4 is 21.6 Å². The van der Waals surface area contributed by atoms with Crippen LogP contribution in [-0.2, 0) is 6.18 Å². The SMILES string of the molecule is Nc1cc(Br)c(C(F)(F)F)cc1OC(F)(F)F. The van der Waals surface area contributed by atoms with Gasteiger partial charge in [-0.1, -0.05) is 15.9 Å². The molecule has 0 radical (unpaired) electrons. The summed E-state index contributed by atoms with van der Waals surface area (Å²) in [5.74, 6) is -1.09. The minimum absolute atomic E-state index is 0.187. The quantitative estimate of drug-likeness (QED) is 0.627. The molecule has 0 heterocycles. The van der Waals surface area contributed by atoms with E-state index in [1.54, 1.807) is 0 Å². The summed E-state index contributed by atoms with van der Waals surface area (Å²) in [5.41, 5.74) is 3.26. The van der Waals surface area contributed by atoms with Crippen LogP contribution in [-0.4, -0.2) is 6.36 Å². The maximum atomic E-state index is 12.4. The van der Waals surface area contributed by atoms with Gasteiger partial charge in [-0.05, 0) is 12.1 Å². The summed E-state index contributed by atoms with van der Waals surface area (Å²) in [6, 6.07) is 0.886. The Balaban J connectivity index is 3.25. The highest BCUT2D eigenvalue weighted by Gasteiger charge is 2.37. The van der Waals surface area contributed by atoms with E-state index in [2.05, 4.69) is 20.7 Å². The summed E-state index contributed by atoms with van der Waals surface area (Å²) in [5, 5.41) is 0. The van der Waals surface area contributed by atoms with Gasteiger partial charge >= 0.3 is 12.5 Å². The Morgan fingerprint density at radius 3 is 2.00 bits per heavy atom. The van der Waals surface area contributed by atoms with Crippen molar-refractivity contribution in [1.82, 2.24) is 0 Å².